The first-order valence-corrected chi connectivity index (χ1v) is 16.9. The topological polar surface area (TPSA) is 100 Å². The molecular formula is C33H30ClF3N6O3S. The Morgan fingerprint density at radius 3 is 2.30 bits per heavy atom. The zero-order chi connectivity index (χ0) is 33.5. The van der Waals surface area contributed by atoms with Crippen molar-refractivity contribution in [3.8, 4) is 11.1 Å². The molecule has 47 heavy (non-hydrogen) atoms. The summed E-state index contributed by atoms with van der Waals surface area (Å²) in [5.41, 5.74) is 0.461. The Hall–Kier alpha value is -4.46. The van der Waals surface area contributed by atoms with Crippen molar-refractivity contribution in [3.05, 3.63) is 105 Å². The number of hydrogen-bond acceptors (Lipinski definition) is 8. The van der Waals surface area contributed by atoms with Gasteiger partial charge in [-0.25, -0.2) is 13.4 Å². The van der Waals surface area contributed by atoms with Gasteiger partial charge in [0.1, 0.15) is 5.65 Å². The quantitative estimate of drug-likeness (QED) is 0.221. The Kier molecular flexibility index (Phi) is 8.72. The normalized spacial score (nSPS) is 14.5. The van der Waals surface area contributed by atoms with Crippen molar-refractivity contribution in [2.45, 2.75) is 17.6 Å². The van der Waals surface area contributed by atoms with Gasteiger partial charge in [-0.1, -0.05) is 35.9 Å². The van der Waals surface area contributed by atoms with Crippen molar-refractivity contribution < 1.29 is 21.6 Å². The van der Waals surface area contributed by atoms with Crippen LogP contribution in [0.4, 0.5) is 30.5 Å². The average Bonchev–Trinajstić information content (AvgIpc) is 3.03. The van der Waals surface area contributed by atoms with E-state index in [2.05, 4.69) is 32.1 Å². The molecule has 0 unspecified atom stereocenters. The van der Waals surface area contributed by atoms with Crippen LogP contribution in [0.3, 0.4) is 0 Å². The molecule has 0 aliphatic carbocycles. The van der Waals surface area contributed by atoms with E-state index in [9.17, 15) is 26.4 Å². The highest BCUT2D eigenvalue weighted by Crippen LogP contribution is 2.34. The largest absolute Gasteiger partial charge is 0.416 e. The lowest BCUT2D eigenvalue weighted by Gasteiger charge is -2.34. The zero-order valence-electron chi connectivity index (χ0n) is 25.4. The maximum atomic E-state index is 14.1. The van der Waals surface area contributed by atoms with Crippen LogP contribution in [0.1, 0.15) is 11.1 Å². The minimum Gasteiger partial charge on any atom is -0.369 e. The molecule has 1 aliphatic heterocycles. The highest BCUT2D eigenvalue weighted by atomic mass is 35.5. The number of alkyl halides is 3. The summed E-state index contributed by atoms with van der Waals surface area (Å²) in [6, 6.07) is 18.2. The second kappa shape index (κ2) is 12.6. The molecule has 2 aromatic heterocycles. The average molecular weight is 683 g/mol. The minimum absolute atomic E-state index is 0.00848. The highest BCUT2D eigenvalue weighted by Gasteiger charge is 2.33. The number of benzene rings is 3. The van der Waals surface area contributed by atoms with E-state index in [1.807, 2.05) is 24.3 Å². The Labute approximate surface area is 274 Å². The first-order valence-electron chi connectivity index (χ1n) is 14.6. The van der Waals surface area contributed by atoms with Gasteiger partial charge in [-0.3, -0.25) is 9.36 Å². The number of nitrogens with zero attached hydrogens (tertiary/aromatic N) is 5. The number of sulfone groups is 1. The van der Waals surface area contributed by atoms with E-state index < -0.39 is 33.7 Å². The summed E-state index contributed by atoms with van der Waals surface area (Å²) >= 11 is 6.47. The predicted octanol–water partition coefficient (Wildman–Crippen LogP) is 6.08. The van der Waals surface area contributed by atoms with E-state index in [0.29, 0.717) is 11.1 Å². The van der Waals surface area contributed by atoms with Crippen LogP contribution in [0.2, 0.25) is 5.02 Å². The van der Waals surface area contributed by atoms with Crippen molar-refractivity contribution in [3.63, 3.8) is 0 Å². The highest BCUT2D eigenvalue weighted by molar-refractivity contribution is 7.90. The number of likely N-dealkylation sites (N-methyl/N-ethyl adjacent to an activating group) is 1. The maximum absolute atomic E-state index is 14.1. The van der Waals surface area contributed by atoms with Crippen molar-refractivity contribution in [2.75, 3.05) is 49.7 Å². The fourth-order valence-electron chi connectivity index (χ4n) is 5.56. The monoisotopic (exact) mass is 682 g/mol. The second-order valence-electron chi connectivity index (χ2n) is 11.5. The van der Waals surface area contributed by atoms with E-state index in [-0.39, 0.29) is 38.2 Å². The molecule has 5 aromatic rings. The first-order chi connectivity index (χ1) is 22.3. The summed E-state index contributed by atoms with van der Waals surface area (Å²) in [4.78, 5) is 27.6. The summed E-state index contributed by atoms with van der Waals surface area (Å²) in [5, 5.41) is 3.49. The van der Waals surface area contributed by atoms with E-state index in [1.165, 1.54) is 48.7 Å². The molecule has 14 heteroatoms. The van der Waals surface area contributed by atoms with Gasteiger partial charge < -0.3 is 15.1 Å². The van der Waals surface area contributed by atoms with E-state index >= 15 is 0 Å². The Bertz CT molecular complexity index is 2130. The molecule has 1 N–H and O–H groups in total. The lowest BCUT2D eigenvalue weighted by Crippen LogP contribution is -2.44. The van der Waals surface area contributed by atoms with E-state index in [1.54, 1.807) is 0 Å². The number of fused-ring (bicyclic) bond motifs is 1. The van der Waals surface area contributed by atoms with Gasteiger partial charge in [-0.15, -0.1) is 0 Å². The molecule has 1 saturated heterocycles. The van der Waals surface area contributed by atoms with Crippen LogP contribution in [0, 0.1) is 0 Å². The standard InChI is InChI=1S/C33H30ClF3N6O3S/c1-41-13-15-42(16-14-41)24-9-7-23(8-10-24)39-32-38-19-22-17-27(26-12-11-25(18-29(26)34)47(2,45)46)31(44)43(30(22)40-32)20-21-5-3-4-6-28(21)33(35,36)37/h3-12,17-19H,13-16,20H2,1-2H3,(H,38,39,40). The smallest absolute Gasteiger partial charge is 0.369 e. The Morgan fingerprint density at radius 2 is 1.64 bits per heavy atom. The van der Waals surface area contributed by atoms with Crippen molar-refractivity contribution in [1.29, 1.82) is 0 Å². The van der Waals surface area contributed by atoms with Crippen molar-refractivity contribution >= 4 is 49.8 Å². The van der Waals surface area contributed by atoms with Gasteiger partial charge in [0, 0.05) is 71.5 Å². The van der Waals surface area contributed by atoms with Crippen LogP contribution in [-0.2, 0) is 22.6 Å². The number of rotatable bonds is 7. The van der Waals surface area contributed by atoms with Crippen LogP contribution >= 0.6 is 11.6 Å². The van der Waals surface area contributed by atoms with Crippen molar-refractivity contribution in [1.82, 2.24) is 19.4 Å². The number of piperazine rings is 1. The van der Waals surface area contributed by atoms with Crippen LogP contribution in [0.15, 0.2) is 88.7 Å². The molecule has 6 rings (SSSR count). The van der Waals surface area contributed by atoms with Crippen LogP contribution in [-0.4, -0.2) is 67.3 Å². The maximum Gasteiger partial charge on any atom is 0.416 e. The van der Waals surface area contributed by atoms with E-state index in [4.69, 9.17) is 11.6 Å². The zero-order valence-corrected chi connectivity index (χ0v) is 27.0. The fourth-order valence-corrected chi connectivity index (χ4v) is 6.55. The Morgan fingerprint density at radius 1 is 0.936 bits per heavy atom. The molecule has 0 atom stereocenters. The SMILES string of the molecule is CN1CCN(c2ccc(Nc3ncc4cc(-c5ccc(S(C)(=O)=O)cc5Cl)c(=O)n(Cc5ccccc5C(F)(F)F)c4n3)cc2)CC1. The van der Waals surface area contributed by atoms with Gasteiger partial charge in [-0.2, -0.15) is 18.2 Å². The molecule has 0 amide bonds. The van der Waals surface area contributed by atoms with Gasteiger partial charge >= 0.3 is 6.18 Å². The number of pyridine rings is 1. The summed E-state index contributed by atoms with van der Waals surface area (Å²) in [6.07, 6.45) is -2.15. The number of aromatic nitrogens is 3. The lowest BCUT2D eigenvalue weighted by atomic mass is 10.0. The molecule has 0 bridgehead atoms. The number of hydrogen-bond donors (Lipinski definition) is 1. The third-order valence-electron chi connectivity index (χ3n) is 8.13. The number of nitrogens with one attached hydrogen (secondary N) is 1. The van der Waals surface area contributed by atoms with Gasteiger partial charge in [0.2, 0.25) is 5.95 Å². The van der Waals surface area contributed by atoms with Crippen LogP contribution in [0.25, 0.3) is 22.2 Å². The molecule has 9 nitrogen and oxygen atoms in total. The molecule has 0 saturated carbocycles. The van der Waals surface area contributed by atoms with Gasteiger partial charge in [0.05, 0.1) is 17.0 Å². The van der Waals surface area contributed by atoms with Crippen LogP contribution in [0.5, 0.6) is 0 Å². The number of anilines is 3. The lowest BCUT2D eigenvalue weighted by molar-refractivity contribution is -0.138. The summed E-state index contributed by atoms with van der Waals surface area (Å²) < 4.78 is 67.2. The molecular weight excluding hydrogens is 653 g/mol. The molecule has 3 aromatic carbocycles. The van der Waals surface area contributed by atoms with Crippen LogP contribution < -0.4 is 15.8 Å². The van der Waals surface area contributed by atoms with Gasteiger partial charge in [0.25, 0.3) is 5.56 Å². The molecule has 1 aliphatic rings. The first kappa shape index (κ1) is 32.5. The predicted molar refractivity (Wildman–Crippen MR) is 177 cm³/mol. The molecule has 1 fully saturated rings. The van der Waals surface area contributed by atoms with E-state index in [0.717, 1.165) is 48.8 Å². The summed E-state index contributed by atoms with van der Waals surface area (Å²) in [7, 11) is -1.49. The second-order valence-corrected chi connectivity index (χ2v) is 13.9. The molecule has 0 radical (unpaired) electrons. The Balaban J connectivity index is 1.43. The minimum atomic E-state index is -4.66. The summed E-state index contributed by atoms with van der Waals surface area (Å²) in [5.74, 6) is 0.144. The van der Waals surface area contributed by atoms with Gasteiger partial charge in [0.15, 0.2) is 9.84 Å². The fraction of sp³-hybridized carbons (Fsp3) is 0.242. The molecule has 3 heterocycles. The third-order valence-corrected chi connectivity index (χ3v) is 9.55. The third kappa shape index (κ3) is 6.97. The molecule has 244 valence electrons. The number of halogens is 4. The van der Waals surface area contributed by atoms with Gasteiger partial charge in [-0.05, 0) is 61.1 Å². The van der Waals surface area contributed by atoms with Crippen molar-refractivity contribution in [2.24, 2.45) is 0 Å². The molecule has 0 spiro atoms. The summed E-state index contributed by atoms with van der Waals surface area (Å²) in [6.45, 7) is 3.33.